The Labute approximate surface area is 51.9 Å². The summed E-state index contributed by atoms with van der Waals surface area (Å²) >= 11 is 0. The molecule has 0 fully saturated rings. The van der Waals surface area contributed by atoms with Crippen LogP contribution in [0.4, 0.5) is 0 Å². The largest absolute Gasteiger partial charge is 0.308 e. The maximum Gasteiger partial charge on any atom is 0.0260 e. The third kappa shape index (κ3) is 5.92. The molecule has 0 aromatic carbocycles. The van der Waals surface area contributed by atoms with E-state index in [1.807, 2.05) is 0 Å². The summed E-state index contributed by atoms with van der Waals surface area (Å²) < 4.78 is 0. The Morgan fingerprint density at radius 3 is 2.38 bits per heavy atom. The summed E-state index contributed by atoms with van der Waals surface area (Å²) in [6.45, 7) is 5.07. The minimum Gasteiger partial charge on any atom is -0.308 e. The highest BCUT2D eigenvalue weighted by Gasteiger charge is 1.86. The summed E-state index contributed by atoms with van der Waals surface area (Å²) in [5, 5.41) is 4.17. The monoisotopic (exact) mass is 115 g/mol. The third-order valence-electron chi connectivity index (χ3n) is 0.929. The van der Waals surface area contributed by atoms with Crippen LogP contribution in [0.1, 0.15) is 6.92 Å². The van der Waals surface area contributed by atoms with Gasteiger partial charge in [0.05, 0.1) is 0 Å². The predicted molar refractivity (Wildman–Crippen MR) is 36.1 cm³/mol. The fraction of sp³-hybridized carbons (Fsp3) is 1.00. The second kappa shape index (κ2) is 5.06. The van der Waals surface area contributed by atoms with Crippen molar-refractivity contribution in [3.05, 3.63) is 0 Å². The average Bonchev–Trinajstić information content (AvgIpc) is 1.66. The van der Waals surface area contributed by atoms with Gasteiger partial charge in [0.15, 0.2) is 0 Å². The van der Waals surface area contributed by atoms with Crippen LogP contribution in [0.3, 0.4) is 0 Å². The van der Waals surface area contributed by atoms with E-state index in [0.717, 1.165) is 19.6 Å². The van der Waals surface area contributed by atoms with E-state index in [-0.39, 0.29) is 0 Å². The lowest BCUT2D eigenvalue weighted by Crippen LogP contribution is -2.21. The Balaban J connectivity index is 2.72. The maximum atomic E-state index is 4.17. The first-order chi connectivity index (χ1) is 3.77. The van der Waals surface area contributed by atoms with Crippen LogP contribution in [0.25, 0.3) is 0 Å². The quantitative estimate of drug-likeness (QED) is 0.477. The van der Waals surface area contributed by atoms with Gasteiger partial charge in [0.25, 0.3) is 0 Å². The molecule has 2 heteroatoms. The van der Waals surface area contributed by atoms with Gasteiger partial charge in [-0.3, -0.25) is 0 Å². The summed E-state index contributed by atoms with van der Waals surface area (Å²) in [4.78, 5) is 2.14. The summed E-state index contributed by atoms with van der Waals surface area (Å²) in [5.41, 5.74) is 0. The number of nitrogens with zero attached hydrogens (tertiary/aromatic N) is 2. The molecule has 0 atom stereocenters. The molecule has 49 valence electrons. The van der Waals surface area contributed by atoms with Crippen LogP contribution in [-0.4, -0.2) is 38.6 Å². The highest BCUT2D eigenvalue weighted by molar-refractivity contribution is 4.45. The maximum absolute atomic E-state index is 4.17. The molecule has 0 rings (SSSR count). The number of hydrogen-bond donors (Lipinski definition) is 0. The minimum atomic E-state index is 0.952. The molecule has 0 aromatic rings. The molecule has 0 aliphatic rings. The van der Waals surface area contributed by atoms with Crippen molar-refractivity contribution in [1.82, 2.24) is 10.2 Å². The van der Waals surface area contributed by atoms with Crippen molar-refractivity contribution in [2.45, 2.75) is 6.92 Å². The molecule has 0 bridgehead atoms. The predicted octanol–water partition coefficient (Wildman–Crippen LogP) is 0.172. The van der Waals surface area contributed by atoms with Crippen LogP contribution in [0.15, 0.2) is 0 Å². The second-order valence-electron chi connectivity index (χ2n) is 2.07. The fourth-order valence-electron chi connectivity index (χ4n) is 0.429. The van der Waals surface area contributed by atoms with Gasteiger partial charge in [0.1, 0.15) is 0 Å². The van der Waals surface area contributed by atoms with E-state index < -0.39 is 0 Å². The summed E-state index contributed by atoms with van der Waals surface area (Å²) in [6, 6.07) is 0. The normalized spacial score (nSPS) is 10.5. The van der Waals surface area contributed by atoms with Gasteiger partial charge in [-0.1, -0.05) is 6.92 Å². The molecule has 0 spiro atoms. The summed E-state index contributed by atoms with van der Waals surface area (Å²) in [5.74, 6) is 0. The molecule has 0 N–H and O–H groups in total. The Morgan fingerprint density at radius 1 is 1.38 bits per heavy atom. The molecule has 0 aromatic heterocycles. The molecule has 8 heavy (non-hydrogen) atoms. The zero-order chi connectivity index (χ0) is 6.41. The highest BCUT2D eigenvalue weighted by atomic mass is 15.1. The summed E-state index contributed by atoms with van der Waals surface area (Å²) in [7, 11) is 4.12. The molecular formula is C6H15N2. The van der Waals surface area contributed by atoms with Gasteiger partial charge >= 0.3 is 0 Å². The zero-order valence-corrected chi connectivity index (χ0v) is 6.02. The topological polar surface area (TPSA) is 17.3 Å². The van der Waals surface area contributed by atoms with Gasteiger partial charge in [0, 0.05) is 19.6 Å². The first-order valence-corrected chi connectivity index (χ1v) is 3.05. The van der Waals surface area contributed by atoms with E-state index in [2.05, 4.69) is 31.2 Å². The van der Waals surface area contributed by atoms with Gasteiger partial charge in [-0.2, -0.15) is 0 Å². The number of likely N-dealkylation sites (N-methyl/N-ethyl adjacent to an activating group) is 2. The van der Waals surface area contributed by atoms with Crippen molar-refractivity contribution < 1.29 is 0 Å². The van der Waals surface area contributed by atoms with Crippen molar-refractivity contribution in [3.63, 3.8) is 0 Å². The first kappa shape index (κ1) is 7.92. The van der Waals surface area contributed by atoms with Gasteiger partial charge in [-0.15, -0.1) is 0 Å². The van der Waals surface area contributed by atoms with Crippen LogP contribution in [-0.2, 0) is 0 Å². The third-order valence-corrected chi connectivity index (χ3v) is 0.929. The van der Waals surface area contributed by atoms with Crippen LogP contribution in [0.2, 0.25) is 0 Å². The zero-order valence-electron chi connectivity index (χ0n) is 6.02. The lowest BCUT2D eigenvalue weighted by Gasteiger charge is -2.06. The van der Waals surface area contributed by atoms with Crippen LogP contribution < -0.4 is 5.32 Å². The van der Waals surface area contributed by atoms with E-state index in [9.17, 15) is 0 Å². The Kier molecular flexibility index (Phi) is 5.01. The van der Waals surface area contributed by atoms with E-state index in [1.165, 1.54) is 0 Å². The van der Waals surface area contributed by atoms with E-state index in [1.54, 1.807) is 0 Å². The van der Waals surface area contributed by atoms with Crippen molar-refractivity contribution in [3.8, 4) is 0 Å². The second-order valence-corrected chi connectivity index (χ2v) is 2.07. The Bertz CT molecular complexity index is 43.8. The molecule has 0 aliphatic heterocycles. The van der Waals surface area contributed by atoms with E-state index >= 15 is 0 Å². The fourth-order valence-corrected chi connectivity index (χ4v) is 0.429. The van der Waals surface area contributed by atoms with E-state index in [4.69, 9.17) is 0 Å². The lowest BCUT2D eigenvalue weighted by molar-refractivity contribution is 0.400. The SMILES string of the molecule is CC[N]CCN(C)C. The summed E-state index contributed by atoms with van der Waals surface area (Å²) in [6.07, 6.45) is 0. The van der Waals surface area contributed by atoms with Gasteiger partial charge < -0.3 is 4.90 Å². The highest BCUT2D eigenvalue weighted by Crippen LogP contribution is 1.70. The molecule has 1 radical (unpaired) electrons. The molecule has 0 unspecified atom stereocenters. The minimum absolute atomic E-state index is 0.952. The molecule has 0 saturated carbocycles. The molecular weight excluding hydrogens is 100 g/mol. The standard InChI is InChI=1S/C6H15N2/c1-4-7-5-6-8(2)3/h4-6H2,1-3H3. The van der Waals surface area contributed by atoms with Gasteiger partial charge in [-0.25, -0.2) is 5.32 Å². The molecule has 0 heterocycles. The van der Waals surface area contributed by atoms with Crippen molar-refractivity contribution >= 4 is 0 Å². The molecule has 0 amide bonds. The van der Waals surface area contributed by atoms with Gasteiger partial charge in [0.2, 0.25) is 0 Å². The first-order valence-electron chi connectivity index (χ1n) is 3.05. The smallest absolute Gasteiger partial charge is 0.0260 e. The van der Waals surface area contributed by atoms with Crippen molar-refractivity contribution in [2.24, 2.45) is 0 Å². The Hall–Kier alpha value is -0.0800. The number of hydrogen-bond acceptors (Lipinski definition) is 1. The van der Waals surface area contributed by atoms with Crippen LogP contribution in [0.5, 0.6) is 0 Å². The number of rotatable bonds is 4. The van der Waals surface area contributed by atoms with Crippen LogP contribution >= 0.6 is 0 Å². The lowest BCUT2D eigenvalue weighted by atomic mass is 10.5. The Morgan fingerprint density at radius 2 is 2.00 bits per heavy atom. The molecule has 0 saturated heterocycles. The molecule has 0 aliphatic carbocycles. The van der Waals surface area contributed by atoms with Gasteiger partial charge in [-0.05, 0) is 14.1 Å². The average molecular weight is 115 g/mol. The molecule has 2 nitrogen and oxygen atoms in total. The van der Waals surface area contributed by atoms with Crippen molar-refractivity contribution in [2.75, 3.05) is 33.7 Å². The van der Waals surface area contributed by atoms with E-state index in [0.29, 0.717) is 0 Å². The van der Waals surface area contributed by atoms with Crippen molar-refractivity contribution in [1.29, 1.82) is 0 Å². The van der Waals surface area contributed by atoms with Crippen LogP contribution in [0, 0.1) is 0 Å².